The number of rotatable bonds is 11. The van der Waals surface area contributed by atoms with Gasteiger partial charge >= 0.3 is 0 Å². The van der Waals surface area contributed by atoms with Crippen LogP contribution in [0.15, 0.2) is 17.3 Å². The summed E-state index contributed by atoms with van der Waals surface area (Å²) in [6.07, 6.45) is 2.29. The Balaban J connectivity index is 1.94. The summed E-state index contributed by atoms with van der Waals surface area (Å²) in [5, 5.41) is 3.61. The second-order valence-electron chi connectivity index (χ2n) is 4.69. The van der Waals surface area contributed by atoms with Crippen LogP contribution < -0.4 is 5.32 Å². The first-order chi connectivity index (χ1) is 10.6. The molecule has 0 aliphatic rings. The average molecular weight is 345 g/mol. The summed E-state index contributed by atoms with van der Waals surface area (Å²) in [6, 6.07) is 2.14. The lowest BCUT2D eigenvalue weighted by Crippen LogP contribution is -2.19. The van der Waals surface area contributed by atoms with Gasteiger partial charge in [-0.05, 0) is 35.8 Å². The number of nitrogens with zero attached hydrogens (tertiary/aromatic N) is 1. The van der Waals surface area contributed by atoms with E-state index in [9.17, 15) is 4.79 Å². The maximum absolute atomic E-state index is 10.9. The zero-order valence-electron chi connectivity index (χ0n) is 13.4. The Labute approximate surface area is 140 Å². The Morgan fingerprint density at radius 3 is 2.64 bits per heavy atom. The molecule has 0 aromatic carbocycles. The van der Waals surface area contributed by atoms with E-state index in [0.717, 1.165) is 10.8 Å². The van der Waals surface area contributed by atoms with Crippen LogP contribution in [0, 0.1) is 13.8 Å². The standard InChI is InChI=1S/C15H24N2O3S2/c1-12-10-13(2)15(17-11-12)22-21-9-8-20-7-6-19-5-4-14(18)16-3/h10-11H,4-9H2,1-3H3,(H,16,18). The SMILES string of the molecule is CNC(=O)CCOCCOCCSSc1ncc(C)cc1C. The maximum Gasteiger partial charge on any atom is 0.222 e. The molecule has 0 aliphatic heterocycles. The number of amides is 1. The van der Waals surface area contributed by atoms with Gasteiger partial charge in [-0.3, -0.25) is 4.79 Å². The first-order valence-electron chi connectivity index (χ1n) is 7.22. The Hall–Kier alpha value is -0.760. The topological polar surface area (TPSA) is 60.5 Å². The van der Waals surface area contributed by atoms with Crippen LogP contribution in [0.25, 0.3) is 0 Å². The van der Waals surface area contributed by atoms with Crippen molar-refractivity contribution in [1.29, 1.82) is 0 Å². The minimum atomic E-state index is -0.00523. The molecule has 0 radical (unpaired) electrons. The zero-order valence-corrected chi connectivity index (χ0v) is 15.0. The van der Waals surface area contributed by atoms with Gasteiger partial charge in [-0.1, -0.05) is 16.9 Å². The van der Waals surface area contributed by atoms with Gasteiger partial charge in [-0.15, -0.1) is 0 Å². The van der Waals surface area contributed by atoms with Crippen LogP contribution in [-0.4, -0.2) is 50.1 Å². The van der Waals surface area contributed by atoms with Crippen LogP contribution in [0.5, 0.6) is 0 Å². The van der Waals surface area contributed by atoms with E-state index >= 15 is 0 Å². The van der Waals surface area contributed by atoms with Gasteiger partial charge in [0, 0.05) is 25.4 Å². The predicted octanol–water partition coefficient (Wildman–Crippen LogP) is 2.61. The second-order valence-corrected chi connectivity index (χ2v) is 7.09. The normalized spacial score (nSPS) is 10.7. The van der Waals surface area contributed by atoms with Crippen LogP contribution >= 0.6 is 21.6 Å². The highest BCUT2D eigenvalue weighted by Crippen LogP contribution is 2.31. The first kappa shape index (κ1) is 19.3. The average Bonchev–Trinajstić information content (AvgIpc) is 2.50. The van der Waals surface area contributed by atoms with Crippen molar-refractivity contribution in [2.45, 2.75) is 25.3 Å². The molecule has 5 nitrogen and oxygen atoms in total. The maximum atomic E-state index is 10.9. The summed E-state index contributed by atoms with van der Waals surface area (Å²) in [6.45, 7) is 6.32. The summed E-state index contributed by atoms with van der Waals surface area (Å²) in [5.41, 5.74) is 2.40. The number of hydrogen-bond donors (Lipinski definition) is 1. The van der Waals surface area contributed by atoms with E-state index in [0.29, 0.717) is 32.8 Å². The second kappa shape index (κ2) is 11.8. The van der Waals surface area contributed by atoms with Gasteiger partial charge in [-0.25, -0.2) is 4.98 Å². The number of aryl methyl sites for hydroxylation is 2. The van der Waals surface area contributed by atoms with Crippen molar-refractivity contribution < 1.29 is 14.3 Å². The number of nitrogens with one attached hydrogen (secondary N) is 1. The molecule has 7 heteroatoms. The number of pyridine rings is 1. The van der Waals surface area contributed by atoms with Gasteiger partial charge in [0.1, 0.15) is 5.03 Å². The van der Waals surface area contributed by atoms with Crippen molar-refractivity contribution in [3.05, 3.63) is 23.4 Å². The number of ether oxygens (including phenoxy) is 2. The molecule has 0 spiro atoms. The fourth-order valence-corrected chi connectivity index (χ4v) is 3.57. The minimum absolute atomic E-state index is 0.00523. The Morgan fingerprint density at radius 2 is 1.95 bits per heavy atom. The predicted molar refractivity (Wildman–Crippen MR) is 92.3 cm³/mol. The zero-order chi connectivity index (χ0) is 16.2. The van der Waals surface area contributed by atoms with Crippen molar-refractivity contribution in [2.75, 3.05) is 39.2 Å². The number of hydrogen-bond acceptors (Lipinski definition) is 6. The monoisotopic (exact) mass is 344 g/mol. The van der Waals surface area contributed by atoms with E-state index in [-0.39, 0.29) is 5.91 Å². The Bertz CT molecular complexity index is 458. The van der Waals surface area contributed by atoms with Crippen molar-refractivity contribution in [3.8, 4) is 0 Å². The molecule has 1 heterocycles. The van der Waals surface area contributed by atoms with E-state index in [1.165, 1.54) is 11.1 Å². The third-order valence-corrected chi connectivity index (χ3v) is 5.10. The van der Waals surface area contributed by atoms with E-state index < -0.39 is 0 Å². The number of aromatic nitrogens is 1. The highest BCUT2D eigenvalue weighted by Gasteiger charge is 2.02. The summed E-state index contributed by atoms with van der Waals surface area (Å²) in [5.74, 6) is 0.895. The highest BCUT2D eigenvalue weighted by atomic mass is 33.1. The molecule has 0 atom stereocenters. The fraction of sp³-hybridized carbons (Fsp3) is 0.600. The van der Waals surface area contributed by atoms with Gasteiger partial charge in [0.2, 0.25) is 5.91 Å². The van der Waals surface area contributed by atoms with Gasteiger partial charge in [-0.2, -0.15) is 0 Å². The minimum Gasteiger partial charge on any atom is -0.379 e. The van der Waals surface area contributed by atoms with Crippen LogP contribution in [0.1, 0.15) is 17.5 Å². The van der Waals surface area contributed by atoms with E-state index in [2.05, 4.69) is 23.3 Å². The highest BCUT2D eigenvalue weighted by molar-refractivity contribution is 8.76. The molecule has 1 N–H and O–H groups in total. The van der Waals surface area contributed by atoms with Gasteiger partial charge in [0.05, 0.1) is 26.4 Å². The number of carbonyl (C=O) groups excluding carboxylic acids is 1. The third-order valence-electron chi connectivity index (χ3n) is 2.74. The molecule has 0 saturated heterocycles. The first-order valence-corrected chi connectivity index (χ1v) is 9.54. The molecule has 1 amide bonds. The lowest BCUT2D eigenvalue weighted by molar-refractivity contribution is -0.121. The largest absolute Gasteiger partial charge is 0.379 e. The molecule has 1 aromatic rings. The summed E-state index contributed by atoms with van der Waals surface area (Å²) in [4.78, 5) is 15.4. The molecule has 1 rings (SSSR count). The molecular weight excluding hydrogens is 320 g/mol. The van der Waals surface area contributed by atoms with Crippen LogP contribution in [0.3, 0.4) is 0 Å². The Morgan fingerprint density at radius 1 is 1.23 bits per heavy atom. The van der Waals surface area contributed by atoms with Crippen molar-refractivity contribution >= 4 is 27.5 Å². The molecule has 0 saturated carbocycles. The molecule has 0 bridgehead atoms. The molecule has 22 heavy (non-hydrogen) atoms. The molecular formula is C15H24N2O3S2. The van der Waals surface area contributed by atoms with Crippen molar-refractivity contribution in [1.82, 2.24) is 10.3 Å². The quantitative estimate of drug-likeness (QED) is 0.492. The van der Waals surface area contributed by atoms with Crippen LogP contribution in [-0.2, 0) is 14.3 Å². The van der Waals surface area contributed by atoms with Crippen molar-refractivity contribution in [2.24, 2.45) is 0 Å². The van der Waals surface area contributed by atoms with E-state index in [1.807, 2.05) is 13.1 Å². The third kappa shape index (κ3) is 8.63. The fourth-order valence-electron chi connectivity index (χ4n) is 1.59. The van der Waals surface area contributed by atoms with E-state index in [1.54, 1.807) is 28.6 Å². The van der Waals surface area contributed by atoms with Gasteiger partial charge in [0.25, 0.3) is 0 Å². The number of carbonyl (C=O) groups is 1. The summed E-state index contributed by atoms with van der Waals surface area (Å²) >= 11 is 0. The summed E-state index contributed by atoms with van der Waals surface area (Å²) in [7, 11) is 5.04. The molecule has 0 aliphatic carbocycles. The molecule has 1 aromatic heterocycles. The smallest absolute Gasteiger partial charge is 0.222 e. The van der Waals surface area contributed by atoms with Gasteiger partial charge < -0.3 is 14.8 Å². The van der Waals surface area contributed by atoms with Crippen LogP contribution in [0.2, 0.25) is 0 Å². The Kier molecular flexibility index (Phi) is 10.3. The van der Waals surface area contributed by atoms with E-state index in [4.69, 9.17) is 9.47 Å². The lowest BCUT2D eigenvalue weighted by atomic mass is 10.2. The summed E-state index contributed by atoms with van der Waals surface area (Å²) < 4.78 is 10.8. The molecule has 0 fully saturated rings. The molecule has 0 unspecified atom stereocenters. The molecule has 124 valence electrons. The lowest BCUT2D eigenvalue weighted by Gasteiger charge is -2.06. The van der Waals surface area contributed by atoms with Crippen LogP contribution in [0.4, 0.5) is 0 Å². The van der Waals surface area contributed by atoms with Gasteiger partial charge in [0.15, 0.2) is 0 Å². The van der Waals surface area contributed by atoms with Crippen molar-refractivity contribution in [3.63, 3.8) is 0 Å².